The molecular formula is C35H33NO5. The summed E-state index contributed by atoms with van der Waals surface area (Å²) in [6.45, 7) is 3.32. The Morgan fingerprint density at radius 2 is 1.46 bits per heavy atom. The molecule has 0 saturated carbocycles. The number of hydrogen-bond donors (Lipinski definition) is 1. The Balaban J connectivity index is 1.38. The molecule has 0 aliphatic carbocycles. The molecule has 5 rings (SSSR count). The molecular weight excluding hydrogens is 514 g/mol. The molecule has 1 aromatic heterocycles. The molecule has 0 radical (unpaired) electrons. The van der Waals surface area contributed by atoms with Gasteiger partial charge in [0.15, 0.2) is 5.43 Å². The molecule has 6 nitrogen and oxygen atoms in total. The summed E-state index contributed by atoms with van der Waals surface area (Å²) >= 11 is 0. The fourth-order valence-electron chi connectivity index (χ4n) is 4.79. The number of benzene rings is 4. The third-order valence-electron chi connectivity index (χ3n) is 6.78. The lowest BCUT2D eigenvalue weighted by atomic mass is 9.91. The van der Waals surface area contributed by atoms with E-state index < -0.39 is 12.0 Å². The second kappa shape index (κ2) is 13.6. The van der Waals surface area contributed by atoms with Gasteiger partial charge in [-0.2, -0.15) is 0 Å². The summed E-state index contributed by atoms with van der Waals surface area (Å²) < 4.78 is 18.3. The first kappa shape index (κ1) is 27.9. The number of fused-ring (bicyclic) bond motifs is 1. The first-order chi connectivity index (χ1) is 20.1. The molecule has 1 heterocycles. The molecule has 1 N–H and O–H groups in total. The van der Waals surface area contributed by atoms with Crippen LogP contribution in [-0.4, -0.2) is 31.8 Å². The van der Waals surface area contributed by atoms with Crippen LogP contribution in [0, 0.1) is 0 Å². The first-order valence-corrected chi connectivity index (χ1v) is 13.9. The second-order valence-corrected chi connectivity index (χ2v) is 9.80. The van der Waals surface area contributed by atoms with Gasteiger partial charge in [0, 0.05) is 18.2 Å². The van der Waals surface area contributed by atoms with Gasteiger partial charge in [-0.15, -0.1) is 0 Å². The van der Waals surface area contributed by atoms with E-state index in [1.165, 1.54) is 6.07 Å². The Morgan fingerprint density at radius 3 is 2.10 bits per heavy atom. The molecule has 0 aliphatic rings. The highest BCUT2D eigenvalue weighted by atomic mass is 16.6. The van der Waals surface area contributed by atoms with E-state index in [1.54, 1.807) is 18.2 Å². The van der Waals surface area contributed by atoms with E-state index in [0.717, 1.165) is 29.7 Å². The van der Waals surface area contributed by atoms with Gasteiger partial charge >= 0.3 is 5.97 Å². The highest BCUT2D eigenvalue weighted by molar-refractivity contribution is 5.85. The van der Waals surface area contributed by atoms with Crippen molar-refractivity contribution in [2.24, 2.45) is 0 Å². The Kier molecular flexibility index (Phi) is 9.24. The van der Waals surface area contributed by atoms with Crippen molar-refractivity contribution in [3.63, 3.8) is 0 Å². The molecule has 0 fully saturated rings. The van der Waals surface area contributed by atoms with E-state index in [4.69, 9.17) is 13.9 Å². The molecule has 0 aliphatic heterocycles. The number of carbonyl (C=O) groups excluding carboxylic acids is 1. The Bertz CT molecular complexity index is 1580. The molecule has 208 valence electrons. The van der Waals surface area contributed by atoms with Crippen molar-refractivity contribution in [1.29, 1.82) is 0 Å². The van der Waals surface area contributed by atoms with E-state index in [-0.39, 0.29) is 18.0 Å². The van der Waals surface area contributed by atoms with Crippen molar-refractivity contribution in [2.45, 2.75) is 25.4 Å². The fourth-order valence-corrected chi connectivity index (χ4v) is 4.79. The van der Waals surface area contributed by atoms with Gasteiger partial charge in [-0.1, -0.05) is 104 Å². The number of nitrogens with one attached hydrogen (secondary N) is 1. The van der Waals surface area contributed by atoms with Gasteiger partial charge < -0.3 is 19.2 Å². The Morgan fingerprint density at radius 1 is 0.829 bits per heavy atom. The number of ether oxygens (including phenoxy) is 2. The highest BCUT2D eigenvalue weighted by Crippen LogP contribution is 2.29. The van der Waals surface area contributed by atoms with Crippen molar-refractivity contribution < 1.29 is 18.7 Å². The zero-order valence-electron chi connectivity index (χ0n) is 23.0. The van der Waals surface area contributed by atoms with Gasteiger partial charge in [-0.25, -0.2) is 0 Å². The lowest BCUT2D eigenvalue weighted by Gasteiger charge is -2.23. The fraction of sp³-hybridized carbons (Fsp3) is 0.200. The first-order valence-electron chi connectivity index (χ1n) is 13.9. The van der Waals surface area contributed by atoms with Crippen molar-refractivity contribution in [3.05, 3.63) is 137 Å². The zero-order chi connectivity index (χ0) is 28.4. The van der Waals surface area contributed by atoms with Crippen molar-refractivity contribution in [2.75, 3.05) is 19.7 Å². The Labute approximate surface area is 239 Å². The van der Waals surface area contributed by atoms with Gasteiger partial charge in [0.25, 0.3) is 0 Å². The van der Waals surface area contributed by atoms with Gasteiger partial charge in [0.05, 0.1) is 0 Å². The lowest BCUT2D eigenvalue weighted by molar-refractivity contribution is -0.151. The average molecular weight is 548 g/mol. The molecule has 0 saturated heterocycles. The predicted octanol–water partition coefficient (Wildman–Crippen LogP) is 6.58. The molecule has 6 heteroatoms. The maximum atomic E-state index is 13.7. The average Bonchev–Trinajstić information content (AvgIpc) is 3.01. The van der Waals surface area contributed by atoms with Crippen LogP contribution in [0.4, 0.5) is 0 Å². The van der Waals surface area contributed by atoms with Gasteiger partial charge in [-0.05, 0) is 36.2 Å². The van der Waals surface area contributed by atoms with Crippen LogP contribution in [0.1, 0.15) is 30.4 Å². The van der Waals surface area contributed by atoms with E-state index in [1.807, 2.05) is 91.0 Å². The van der Waals surface area contributed by atoms with Crippen LogP contribution in [0.25, 0.3) is 22.3 Å². The van der Waals surface area contributed by atoms with Gasteiger partial charge in [-0.3, -0.25) is 9.59 Å². The van der Waals surface area contributed by atoms with E-state index in [2.05, 4.69) is 12.2 Å². The summed E-state index contributed by atoms with van der Waals surface area (Å²) in [7, 11) is 0. The molecule has 0 spiro atoms. The third-order valence-corrected chi connectivity index (χ3v) is 6.78. The van der Waals surface area contributed by atoms with Crippen LogP contribution in [-0.2, 0) is 9.53 Å². The monoisotopic (exact) mass is 547 g/mol. The molecule has 41 heavy (non-hydrogen) atoms. The van der Waals surface area contributed by atoms with E-state index in [9.17, 15) is 9.59 Å². The summed E-state index contributed by atoms with van der Waals surface area (Å²) in [5.74, 6) is -0.0647. The topological polar surface area (TPSA) is 77.8 Å². The Hall–Kier alpha value is -4.68. The summed E-state index contributed by atoms with van der Waals surface area (Å²) in [6, 6.07) is 35.5. The predicted molar refractivity (Wildman–Crippen MR) is 161 cm³/mol. The summed E-state index contributed by atoms with van der Waals surface area (Å²) in [5.41, 5.74) is 2.75. The third kappa shape index (κ3) is 6.91. The van der Waals surface area contributed by atoms with Crippen LogP contribution in [0.3, 0.4) is 0 Å². The van der Waals surface area contributed by atoms with Crippen LogP contribution in [0.2, 0.25) is 0 Å². The smallest absolute Gasteiger partial charge is 0.318 e. The van der Waals surface area contributed by atoms with Crippen LogP contribution in [0.15, 0.2) is 124 Å². The highest BCUT2D eigenvalue weighted by Gasteiger charge is 2.27. The summed E-state index contributed by atoms with van der Waals surface area (Å²) in [6.07, 6.45) is 0.349. The van der Waals surface area contributed by atoms with Crippen LogP contribution < -0.4 is 15.5 Å². The molecule has 4 aromatic carbocycles. The van der Waals surface area contributed by atoms with E-state index >= 15 is 0 Å². The minimum atomic E-state index is -0.588. The number of hydrogen-bond acceptors (Lipinski definition) is 6. The molecule has 1 atom stereocenters. The maximum Gasteiger partial charge on any atom is 0.318 e. The quantitative estimate of drug-likeness (QED) is 0.140. The molecule has 5 aromatic rings. The normalized spacial score (nSPS) is 11.9. The molecule has 0 amide bonds. The van der Waals surface area contributed by atoms with Crippen LogP contribution in [0.5, 0.6) is 5.75 Å². The number of carbonyl (C=O) groups is 1. The van der Waals surface area contributed by atoms with E-state index in [0.29, 0.717) is 29.0 Å². The summed E-state index contributed by atoms with van der Waals surface area (Å²) in [5, 5.41) is 3.68. The van der Waals surface area contributed by atoms with Gasteiger partial charge in [0.2, 0.25) is 0 Å². The minimum Gasteiger partial charge on any atom is -0.489 e. The largest absolute Gasteiger partial charge is 0.489 e. The standard InChI is InChI=1S/C35H33NO5/c1-2-21-36-23-28(40-35(38)33(26-15-8-4-9-16-26)27-17-10-5-11-18-27)24-39-30-19-12-20-31-34(30)29(37)22-32(41-31)25-13-6-3-7-14-25/h3-20,22,28,33,36H,2,21,23-24H2,1H3. The van der Waals surface area contributed by atoms with Gasteiger partial charge in [0.1, 0.15) is 41.1 Å². The second-order valence-electron chi connectivity index (χ2n) is 9.80. The maximum absolute atomic E-state index is 13.7. The minimum absolute atomic E-state index is 0.0672. The lowest BCUT2D eigenvalue weighted by Crippen LogP contribution is -2.37. The zero-order valence-corrected chi connectivity index (χ0v) is 23.0. The number of esters is 1. The molecule has 1 unspecified atom stereocenters. The molecule has 0 bridgehead atoms. The summed E-state index contributed by atoms with van der Waals surface area (Å²) in [4.78, 5) is 26.9. The van der Waals surface area contributed by atoms with Crippen molar-refractivity contribution >= 4 is 16.9 Å². The number of rotatable bonds is 12. The van der Waals surface area contributed by atoms with Crippen molar-refractivity contribution in [1.82, 2.24) is 5.32 Å². The van der Waals surface area contributed by atoms with Crippen LogP contribution >= 0.6 is 0 Å². The van der Waals surface area contributed by atoms with Crippen molar-refractivity contribution in [3.8, 4) is 17.1 Å². The SMILES string of the molecule is CCCNCC(COc1cccc2oc(-c3ccccc3)cc(=O)c12)OC(=O)C(c1ccccc1)c1ccccc1.